The molecule has 0 bridgehead atoms. The van der Waals surface area contributed by atoms with Crippen molar-refractivity contribution in [3.05, 3.63) is 93.1 Å². The first-order valence-corrected chi connectivity index (χ1v) is 12.0. The van der Waals surface area contributed by atoms with Crippen LogP contribution in [0.1, 0.15) is 42.4 Å². The summed E-state index contributed by atoms with van der Waals surface area (Å²) in [7, 11) is 1.13. The van der Waals surface area contributed by atoms with Gasteiger partial charge >= 0.3 is 11.7 Å². The number of benzene rings is 2. The standard InChI is InChI=1S/C14H9Cl2NO5.C9H13BrN2O2/c1-21-14(18)10-7-9(3-4-12(10)17(19)20)22-13-5-2-8(15)6-11(13)16;1-4-5(2)12-8(13)7(10)6(3)11-9(12)14/h2-7H,1H3;5H,4H2,1-3H3,(H,11,14). The Morgan fingerprint density at radius 2 is 1.89 bits per heavy atom. The Bertz CT molecular complexity index is 1410. The van der Waals surface area contributed by atoms with Crippen LogP contribution in [0.5, 0.6) is 11.5 Å². The van der Waals surface area contributed by atoms with Crippen molar-refractivity contribution in [2.45, 2.75) is 33.2 Å². The van der Waals surface area contributed by atoms with E-state index < -0.39 is 10.9 Å². The van der Waals surface area contributed by atoms with Crippen LogP contribution < -0.4 is 16.0 Å². The molecule has 0 radical (unpaired) electrons. The lowest BCUT2D eigenvalue weighted by atomic mass is 10.1. The van der Waals surface area contributed by atoms with E-state index in [0.717, 1.165) is 19.6 Å². The highest BCUT2D eigenvalue weighted by molar-refractivity contribution is 9.10. The fourth-order valence-corrected chi connectivity index (χ4v) is 3.65. The van der Waals surface area contributed by atoms with Gasteiger partial charge < -0.3 is 14.5 Å². The third-order valence-electron chi connectivity index (χ3n) is 4.97. The van der Waals surface area contributed by atoms with E-state index >= 15 is 0 Å². The lowest BCUT2D eigenvalue weighted by molar-refractivity contribution is -0.385. The predicted octanol–water partition coefficient (Wildman–Crippen LogP) is 6.06. The number of aromatic nitrogens is 2. The molecule has 1 atom stereocenters. The van der Waals surface area contributed by atoms with E-state index in [2.05, 4.69) is 25.7 Å². The van der Waals surface area contributed by atoms with Gasteiger partial charge in [0.1, 0.15) is 21.5 Å². The SMILES string of the molecule is CCC(C)n1c(=O)[nH]c(C)c(Br)c1=O.COC(=O)c1cc(Oc2ccc(Cl)cc2Cl)ccc1[N+](=O)[O-]. The van der Waals surface area contributed by atoms with Gasteiger partial charge in [-0.15, -0.1) is 0 Å². The minimum atomic E-state index is -0.834. The first kappa shape index (κ1) is 29.1. The molecule has 192 valence electrons. The van der Waals surface area contributed by atoms with Crippen LogP contribution in [0, 0.1) is 17.0 Å². The topological polar surface area (TPSA) is 134 Å². The van der Waals surface area contributed by atoms with Gasteiger partial charge in [0.2, 0.25) is 0 Å². The highest BCUT2D eigenvalue weighted by Gasteiger charge is 2.22. The zero-order valence-corrected chi connectivity index (χ0v) is 22.7. The van der Waals surface area contributed by atoms with Crippen LogP contribution in [-0.4, -0.2) is 27.6 Å². The number of hydrogen-bond acceptors (Lipinski definition) is 7. The van der Waals surface area contributed by atoms with Crippen LogP contribution in [0.15, 0.2) is 50.5 Å². The van der Waals surface area contributed by atoms with Gasteiger partial charge in [-0.25, -0.2) is 9.59 Å². The van der Waals surface area contributed by atoms with Gasteiger partial charge in [0.15, 0.2) is 0 Å². The molecule has 3 rings (SSSR count). The molecule has 3 aromatic rings. The number of aromatic amines is 1. The van der Waals surface area contributed by atoms with Crippen LogP contribution in [0.4, 0.5) is 5.69 Å². The third-order valence-corrected chi connectivity index (χ3v) is 6.44. The van der Waals surface area contributed by atoms with Gasteiger partial charge in [0.25, 0.3) is 11.2 Å². The van der Waals surface area contributed by atoms with E-state index in [4.69, 9.17) is 27.9 Å². The highest BCUT2D eigenvalue weighted by Crippen LogP contribution is 2.33. The number of aryl methyl sites for hydroxylation is 1. The summed E-state index contributed by atoms with van der Waals surface area (Å²) in [5, 5.41) is 11.6. The summed E-state index contributed by atoms with van der Waals surface area (Å²) < 4.78 is 11.7. The molecular formula is C23H22BrCl2N3O7. The number of halogens is 3. The van der Waals surface area contributed by atoms with Crippen LogP contribution in [0.25, 0.3) is 0 Å². The molecule has 0 spiro atoms. The summed E-state index contributed by atoms with van der Waals surface area (Å²) in [5.74, 6) is -0.328. The summed E-state index contributed by atoms with van der Waals surface area (Å²) in [4.78, 5) is 47.7. The van der Waals surface area contributed by atoms with Crippen molar-refractivity contribution in [3.8, 4) is 11.5 Å². The number of nitrogens with zero attached hydrogens (tertiary/aromatic N) is 2. The quantitative estimate of drug-likeness (QED) is 0.206. The average molecular weight is 603 g/mol. The molecule has 1 N–H and O–H groups in total. The molecule has 0 aliphatic rings. The molecule has 0 aliphatic carbocycles. The Morgan fingerprint density at radius 3 is 2.44 bits per heavy atom. The Balaban J connectivity index is 0.000000281. The summed E-state index contributed by atoms with van der Waals surface area (Å²) in [6, 6.07) is 8.27. The summed E-state index contributed by atoms with van der Waals surface area (Å²) >= 11 is 14.9. The molecule has 0 aliphatic heterocycles. The van der Waals surface area contributed by atoms with Crippen molar-refractivity contribution in [3.63, 3.8) is 0 Å². The van der Waals surface area contributed by atoms with E-state index in [1.165, 1.54) is 22.8 Å². The smallest absolute Gasteiger partial charge is 0.345 e. The van der Waals surface area contributed by atoms with Crippen LogP contribution >= 0.6 is 39.1 Å². The van der Waals surface area contributed by atoms with Gasteiger partial charge in [-0.1, -0.05) is 30.1 Å². The number of rotatable bonds is 6. The molecule has 0 fully saturated rings. The number of H-pyrrole nitrogens is 1. The van der Waals surface area contributed by atoms with E-state index in [-0.39, 0.29) is 39.3 Å². The second kappa shape index (κ2) is 12.7. The number of nitro benzene ring substituents is 1. The van der Waals surface area contributed by atoms with E-state index in [1.807, 2.05) is 13.8 Å². The van der Waals surface area contributed by atoms with Crippen LogP contribution in [-0.2, 0) is 4.74 Å². The van der Waals surface area contributed by atoms with Crippen molar-refractivity contribution < 1.29 is 19.2 Å². The van der Waals surface area contributed by atoms with Gasteiger partial charge in [-0.05, 0) is 60.5 Å². The number of nitrogens with one attached hydrogen (secondary N) is 1. The minimum Gasteiger partial charge on any atom is -0.465 e. The maximum atomic E-state index is 11.7. The molecule has 36 heavy (non-hydrogen) atoms. The van der Waals surface area contributed by atoms with Crippen molar-refractivity contribution in [1.29, 1.82) is 0 Å². The van der Waals surface area contributed by atoms with Gasteiger partial charge in [-0.3, -0.25) is 19.5 Å². The minimum absolute atomic E-state index is 0.0804. The average Bonchev–Trinajstić information content (AvgIpc) is 2.83. The molecule has 0 saturated heterocycles. The lowest BCUT2D eigenvalue weighted by Gasteiger charge is -2.12. The fourth-order valence-electron chi connectivity index (χ4n) is 2.91. The van der Waals surface area contributed by atoms with Crippen LogP contribution in [0.2, 0.25) is 10.0 Å². The zero-order chi connectivity index (χ0) is 27.2. The fraction of sp³-hybridized carbons (Fsp3) is 0.261. The third kappa shape index (κ3) is 6.96. The van der Waals surface area contributed by atoms with Gasteiger partial charge in [0, 0.05) is 28.9 Å². The lowest BCUT2D eigenvalue weighted by Crippen LogP contribution is -2.38. The van der Waals surface area contributed by atoms with Crippen molar-refractivity contribution >= 4 is 50.8 Å². The van der Waals surface area contributed by atoms with Crippen molar-refractivity contribution in [1.82, 2.24) is 9.55 Å². The molecular weight excluding hydrogens is 581 g/mol. The predicted molar refractivity (Wildman–Crippen MR) is 140 cm³/mol. The number of nitro groups is 1. The number of ether oxygens (including phenoxy) is 2. The maximum Gasteiger partial charge on any atom is 0.345 e. The normalized spacial score (nSPS) is 11.2. The second-order valence-corrected chi connectivity index (χ2v) is 9.04. The maximum absolute atomic E-state index is 11.7. The monoisotopic (exact) mass is 601 g/mol. The molecule has 1 heterocycles. The Hall–Kier alpha value is -3.15. The largest absolute Gasteiger partial charge is 0.465 e. The molecule has 10 nitrogen and oxygen atoms in total. The van der Waals surface area contributed by atoms with E-state index in [9.17, 15) is 24.5 Å². The summed E-state index contributed by atoms with van der Waals surface area (Å²) in [5.41, 5.74) is -0.623. The molecule has 13 heteroatoms. The summed E-state index contributed by atoms with van der Waals surface area (Å²) in [6.07, 6.45) is 0.748. The molecule has 0 amide bonds. The summed E-state index contributed by atoms with van der Waals surface area (Å²) in [6.45, 7) is 5.47. The first-order chi connectivity index (χ1) is 16.9. The van der Waals surface area contributed by atoms with Crippen molar-refractivity contribution in [2.24, 2.45) is 0 Å². The molecule has 0 saturated carbocycles. The zero-order valence-electron chi connectivity index (χ0n) is 19.6. The van der Waals surface area contributed by atoms with Gasteiger partial charge in [0.05, 0.1) is 17.1 Å². The second-order valence-electron chi connectivity index (χ2n) is 7.41. The molecule has 1 aromatic heterocycles. The van der Waals surface area contributed by atoms with Crippen LogP contribution in [0.3, 0.4) is 0 Å². The Labute approximate surface area is 224 Å². The van der Waals surface area contributed by atoms with E-state index in [1.54, 1.807) is 19.1 Å². The van der Waals surface area contributed by atoms with Crippen molar-refractivity contribution in [2.75, 3.05) is 7.11 Å². The number of hydrogen-bond donors (Lipinski definition) is 1. The van der Waals surface area contributed by atoms with E-state index in [0.29, 0.717) is 20.9 Å². The number of carbonyl (C=O) groups is 1. The number of esters is 1. The Kier molecular flexibility index (Phi) is 10.3. The van der Waals surface area contributed by atoms with Gasteiger partial charge in [-0.2, -0.15) is 0 Å². The number of carbonyl (C=O) groups excluding carboxylic acids is 1. The Morgan fingerprint density at radius 1 is 1.22 bits per heavy atom. The number of methoxy groups -OCH3 is 1. The highest BCUT2D eigenvalue weighted by atomic mass is 79.9. The molecule has 2 aromatic carbocycles. The first-order valence-electron chi connectivity index (χ1n) is 10.4. The molecule has 1 unspecified atom stereocenters.